The normalized spacial score (nSPS) is 14.8. The zero-order valence-corrected chi connectivity index (χ0v) is 12.6. The van der Waals surface area contributed by atoms with Gasteiger partial charge in [0.1, 0.15) is 5.75 Å². The van der Waals surface area contributed by atoms with Gasteiger partial charge in [-0.3, -0.25) is 0 Å². The van der Waals surface area contributed by atoms with Crippen molar-refractivity contribution in [1.29, 1.82) is 0 Å². The molecular weight excluding hydrogens is 258 g/mol. The van der Waals surface area contributed by atoms with Crippen molar-refractivity contribution in [3.63, 3.8) is 0 Å². The molecule has 0 spiro atoms. The molecule has 110 valence electrons. The summed E-state index contributed by atoms with van der Waals surface area (Å²) in [6.45, 7) is 2.84. The van der Waals surface area contributed by atoms with Gasteiger partial charge in [0.25, 0.3) is 0 Å². The van der Waals surface area contributed by atoms with Crippen molar-refractivity contribution < 1.29 is 4.74 Å². The molecule has 0 heterocycles. The fourth-order valence-electron chi connectivity index (χ4n) is 3.05. The molecule has 1 aliphatic carbocycles. The number of benzene rings is 2. The van der Waals surface area contributed by atoms with Gasteiger partial charge in [-0.1, -0.05) is 43.3 Å². The number of hydrogen-bond donors (Lipinski definition) is 1. The minimum Gasteiger partial charge on any atom is -0.493 e. The Labute approximate surface area is 126 Å². The predicted octanol–water partition coefficient (Wildman–Crippen LogP) is 4.01. The van der Waals surface area contributed by atoms with Crippen LogP contribution in [0.2, 0.25) is 0 Å². The van der Waals surface area contributed by atoms with Crippen LogP contribution in [0.3, 0.4) is 0 Å². The van der Waals surface area contributed by atoms with Crippen LogP contribution in [0, 0.1) is 0 Å². The second kappa shape index (κ2) is 6.31. The number of para-hydroxylation sites is 1. The molecule has 0 aromatic heterocycles. The molecule has 0 saturated carbocycles. The fourth-order valence-corrected chi connectivity index (χ4v) is 3.05. The Kier molecular flexibility index (Phi) is 4.26. The predicted molar refractivity (Wildman–Crippen MR) is 86.7 cm³/mol. The van der Waals surface area contributed by atoms with E-state index in [1.54, 1.807) is 0 Å². The van der Waals surface area contributed by atoms with Crippen LogP contribution >= 0.6 is 0 Å². The fraction of sp³-hybridized carbons (Fsp3) is 0.368. The minimum absolute atomic E-state index is 0.121. The van der Waals surface area contributed by atoms with Crippen molar-refractivity contribution in [3.05, 3.63) is 64.7 Å². The van der Waals surface area contributed by atoms with Crippen LogP contribution in [0.1, 0.15) is 48.1 Å². The summed E-state index contributed by atoms with van der Waals surface area (Å²) in [6, 6.07) is 14.7. The maximum atomic E-state index is 6.50. The number of ether oxygens (including phenoxy) is 1. The Bertz CT molecular complexity index is 621. The van der Waals surface area contributed by atoms with Crippen LogP contribution in [-0.4, -0.2) is 6.61 Å². The van der Waals surface area contributed by atoms with Crippen LogP contribution in [0.15, 0.2) is 42.5 Å². The molecule has 2 nitrogen and oxygen atoms in total. The van der Waals surface area contributed by atoms with Crippen LogP contribution in [0.4, 0.5) is 0 Å². The van der Waals surface area contributed by atoms with Gasteiger partial charge in [0.05, 0.1) is 12.6 Å². The summed E-state index contributed by atoms with van der Waals surface area (Å²) in [5.41, 5.74) is 11.7. The highest BCUT2D eigenvalue weighted by atomic mass is 16.5. The summed E-state index contributed by atoms with van der Waals surface area (Å²) in [7, 11) is 0. The molecule has 0 bridgehead atoms. The van der Waals surface area contributed by atoms with E-state index in [9.17, 15) is 0 Å². The summed E-state index contributed by atoms with van der Waals surface area (Å²) in [5.74, 6) is 0.910. The van der Waals surface area contributed by atoms with E-state index in [0.29, 0.717) is 0 Å². The first-order chi connectivity index (χ1) is 10.3. The number of nitrogens with two attached hydrogens (primary N) is 1. The van der Waals surface area contributed by atoms with Gasteiger partial charge in [-0.15, -0.1) is 0 Å². The average molecular weight is 281 g/mol. The lowest BCUT2D eigenvalue weighted by molar-refractivity contribution is 0.313. The van der Waals surface area contributed by atoms with Gasteiger partial charge in [0.15, 0.2) is 0 Å². The standard InChI is InChI=1S/C19H23NO/c1-2-12-21-18-9-4-3-8-17(18)19(20)16-11-10-14-6-5-7-15(14)13-16/h3-4,8-11,13,19H,2,5-7,12,20H2,1H3. The van der Waals surface area contributed by atoms with Crippen LogP contribution in [0.5, 0.6) is 5.75 Å². The number of aryl methyl sites for hydroxylation is 2. The maximum absolute atomic E-state index is 6.50. The molecule has 1 aliphatic rings. The van der Waals surface area contributed by atoms with Gasteiger partial charge in [0, 0.05) is 5.56 Å². The molecule has 1 unspecified atom stereocenters. The Morgan fingerprint density at radius 1 is 1.10 bits per heavy atom. The Morgan fingerprint density at radius 2 is 1.90 bits per heavy atom. The first-order valence-electron chi connectivity index (χ1n) is 7.88. The van der Waals surface area contributed by atoms with Crippen LogP contribution < -0.4 is 10.5 Å². The van der Waals surface area contributed by atoms with E-state index in [-0.39, 0.29) is 6.04 Å². The topological polar surface area (TPSA) is 35.2 Å². The third-order valence-electron chi connectivity index (χ3n) is 4.20. The van der Waals surface area contributed by atoms with E-state index in [4.69, 9.17) is 10.5 Å². The van der Waals surface area contributed by atoms with Gasteiger partial charge in [0.2, 0.25) is 0 Å². The zero-order chi connectivity index (χ0) is 14.7. The quantitative estimate of drug-likeness (QED) is 0.898. The number of hydrogen-bond acceptors (Lipinski definition) is 2. The summed E-state index contributed by atoms with van der Waals surface area (Å²) in [5, 5.41) is 0. The minimum atomic E-state index is -0.121. The lowest BCUT2D eigenvalue weighted by Crippen LogP contribution is -2.14. The highest BCUT2D eigenvalue weighted by Crippen LogP contribution is 2.31. The smallest absolute Gasteiger partial charge is 0.124 e. The second-order valence-electron chi connectivity index (χ2n) is 5.75. The van der Waals surface area contributed by atoms with Crippen molar-refractivity contribution >= 4 is 0 Å². The number of rotatable bonds is 5. The molecule has 0 saturated heterocycles. The zero-order valence-electron chi connectivity index (χ0n) is 12.6. The first-order valence-corrected chi connectivity index (χ1v) is 7.88. The Hall–Kier alpha value is -1.80. The molecule has 2 N–H and O–H groups in total. The van der Waals surface area contributed by atoms with Crippen LogP contribution in [-0.2, 0) is 12.8 Å². The molecule has 2 aromatic rings. The van der Waals surface area contributed by atoms with E-state index in [1.807, 2.05) is 18.2 Å². The lowest BCUT2D eigenvalue weighted by Gasteiger charge is -2.18. The van der Waals surface area contributed by atoms with E-state index in [2.05, 4.69) is 31.2 Å². The highest BCUT2D eigenvalue weighted by Gasteiger charge is 2.17. The third-order valence-corrected chi connectivity index (χ3v) is 4.20. The van der Waals surface area contributed by atoms with Crippen molar-refractivity contribution in [2.45, 2.75) is 38.6 Å². The molecular formula is C19H23NO. The van der Waals surface area contributed by atoms with Gasteiger partial charge in [-0.25, -0.2) is 0 Å². The average Bonchev–Trinajstić information content (AvgIpc) is 3.00. The molecule has 21 heavy (non-hydrogen) atoms. The summed E-state index contributed by atoms with van der Waals surface area (Å²) < 4.78 is 5.84. The van der Waals surface area contributed by atoms with E-state index >= 15 is 0 Å². The number of fused-ring (bicyclic) bond motifs is 1. The monoisotopic (exact) mass is 281 g/mol. The Balaban J connectivity index is 1.89. The first kappa shape index (κ1) is 14.2. The SMILES string of the molecule is CCCOc1ccccc1C(N)c1ccc2c(c1)CCC2. The second-order valence-corrected chi connectivity index (χ2v) is 5.75. The van der Waals surface area contributed by atoms with Crippen LogP contribution in [0.25, 0.3) is 0 Å². The molecule has 0 aliphatic heterocycles. The van der Waals surface area contributed by atoms with Gasteiger partial charge in [-0.2, -0.15) is 0 Å². The lowest BCUT2D eigenvalue weighted by atomic mass is 9.96. The molecule has 2 aromatic carbocycles. The van der Waals surface area contributed by atoms with E-state index in [0.717, 1.165) is 24.3 Å². The third kappa shape index (κ3) is 2.96. The molecule has 2 heteroatoms. The van der Waals surface area contributed by atoms with Gasteiger partial charge < -0.3 is 10.5 Å². The van der Waals surface area contributed by atoms with Gasteiger partial charge in [-0.05, 0) is 48.4 Å². The van der Waals surface area contributed by atoms with Gasteiger partial charge >= 0.3 is 0 Å². The molecule has 3 rings (SSSR count). The molecule has 1 atom stereocenters. The molecule has 0 amide bonds. The summed E-state index contributed by atoms with van der Waals surface area (Å²) >= 11 is 0. The van der Waals surface area contributed by atoms with Crippen molar-refractivity contribution in [2.24, 2.45) is 5.73 Å². The summed E-state index contributed by atoms with van der Waals surface area (Å²) in [4.78, 5) is 0. The van der Waals surface area contributed by atoms with Crippen molar-refractivity contribution in [2.75, 3.05) is 6.61 Å². The molecule has 0 fully saturated rings. The Morgan fingerprint density at radius 3 is 2.76 bits per heavy atom. The van der Waals surface area contributed by atoms with Crippen molar-refractivity contribution in [1.82, 2.24) is 0 Å². The highest BCUT2D eigenvalue weighted by molar-refractivity contribution is 5.44. The summed E-state index contributed by atoms with van der Waals surface area (Å²) in [6.07, 6.45) is 4.66. The molecule has 0 radical (unpaired) electrons. The largest absolute Gasteiger partial charge is 0.493 e. The van der Waals surface area contributed by atoms with E-state index < -0.39 is 0 Å². The van der Waals surface area contributed by atoms with Crippen molar-refractivity contribution in [3.8, 4) is 5.75 Å². The van der Waals surface area contributed by atoms with E-state index in [1.165, 1.54) is 36.0 Å². The maximum Gasteiger partial charge on any atom is 0.124 e.